The first-order valence-corrected chi connectivity index (χ1v) is 6.41. The average molecular weight is 287 g/mol. The maximum absolute atomic E-state index is 11.1. The van der Waals surface area contributed by atoms with Crippen LogP contribution in [0.2, 0.25) is 5.02 Å². The molecule has 0 amide bonds. The molecular formula is C15H11ClN2O2. The third-order valence-electron chi connectivity index (χ3n) is 3.16. The molecule has 0 unspecified atom stereocenters. The normalized spacial score (nSPS) is 10.9. The Balaban J connectivity index is 2.28. The first-order chi connectivity index (χ1) is 9.56. The molecule has 4 nitrogen and oxygen atoms in total. The van der Waals surface area contributed by atoms with Crippen LogP contribution in [0.4, 0.5) is 0 Å². The molecule has 1 heterocycles. The SMILES string of the molecule is Cc1ccc(Cl)c(-n2cnc3ccc(C(=O)O)cc32)c1. The van der Waals surface area contributed by atoms with Crippen LogP contribution in [0.3, 0.4) is 0 Å². The van der Waals surface area contributed by atoms with E-state index in [1.165, 1.54) is 0 Å². The minimum Gasteiger partial charge on any atom is -0.478 e. The molecule has 0 aliphatic carbocycles. The third-order valence-corrected chi connectivity index (χ3v) is 3.47. The molecule has 2 aromatic carbocycles. The van der Waals surface area contributed by atoms with Gasteiger partial charge in [-0.3, -0.25) is 4.57 Å². The zero-order valence-corrected chi connectivity index (χ0v) is 11.4. The Bertz CT molecular complexity index is 824. The number of carboxylic acid groups (broad SMARTS) is 1. The quantitative estimate of drug-likeness (QED) is 0.782. The van der Waals surface area contributed by atoms with Crippen molar-refractivity contribution in [2.24, 2.45) is 0 Å². The van der Waals surface area contributed by atoms with Gasteiger partial charge in [0.15, 0.2) is 0 Å². The summed E-state index contributed by atoms with van der Waals surface area (Å²) in [5, 5.41) is 9.68. The monoisotopic (exact) mass is 286 g/mol. The van der Waals surface area contributed by atoms with Gasteiger partial charge >= 0.3 is 5.97 Å². The summed E-state index contributed by atoms with van der Waals surface area (Å²) < 4.78 is 1.80. The third kappa shape index (κ3) is 2.04. The number of carboxylic acids is 1. The van der Waals surface area contributed by atoms with Gasteiger partial charge in [-0.2, -0.15) is 0 Å². The van der Waals surface area contributed by atoms with Crippen LogP contribution in [0.15, 0.2) is 42.7 Å². The molecular weight excluding hydrogens is 276 g/mol. The predicted octanol–water partition coefficient (Wildman–Crippen LogP) is 3.69. The molecule has 20 heavy (non-hydrogen) atoms. The van der Waals surface area contributed by atoms with E-state index >= 15 is 0 Å². The maximum atomic E-state index is 11.1. The highest BCUT2D eigenvalue weighted by Crippen LogP contribution is 2.26. The topological polar surface area (TPSA) is 55.1 Å². The zero-order chi connectivity index (χ0) is 14.3. The van der Waals surface area contributed by atoms with Crippen LogP contribution in [0.1, 0.15) is 15.9 Å². The van der Waals surface area contributed by atoms with Gasteiger partial charge in [0.05, 0.1) is 27.3 Å². The summed E-state index contributed by atoms with van der Waals surface area (Å²) in [7, 11) is 0. The number of hydrogen-bond acceptors (Lipinski definition) is 2. The number of halogens is 1. The van der Waals surface area contributed by atoms with E-state index in [4.69, 9.17) is 16.7 Å². The fraction of sp³-hybridized carbons (Fsp3) is 0.0667. The maximum Gasteiger partial charge on any atom is 0.335 e. The number of nitrogens with zero attached hydrogens (tertiary/aromatic N) is 2. The Hall–Kier alpha value is -2.33. The molecule has 0 saturated heterocycles. The van der Waals surface area contributed by atoms with Gasteiger partial charge in [0, 0.05) is 0 Å². The Morgan fingerprint density at radius 3 is 2.80 bits per heavy atom. The minimum atomic E-state index is -0.963. The highest BCUT2D eigenvalue weighted by molar-refractivity contribution is 6.32. The van der Waals surface area contributed by atoms with Gasteiger partial charge < -0.3 is 5.11 Å². The molecule has 1 aromatic heterocycles. The van der Waals surface area contributed by atoms with E-state index < -0.39 is 5.97 Å². The molecule has 100 valence electrons. The van der Waals surface area contributed by atoms with E-state index in [0.29, 0.717) is 5.02 Å². The summed E-state index contributed by atoms with van der Waals surface area (Å²) in [6.07, 6.45) is 1.65. The molecule has 5 heteroatoms. The van der Waals surface area contributed by atoms with Crippen molar-refractivity contribution in [1.82, 2.24) is 9.55 Å². The number of hydrogen-bond donors (Lipinski definition) is 1. The van der Waals surface area contributed by atoms with Crippen LogP contribution in [0.5, 0.6) is 0 Å². The summed E-state index contributed by atoms with van der Waals surface area (Å²) in [5.41, 5.74) is 3.53. The number of carbonyl (C=O) groups is 1. The van der Waals surface area contributed by atoms with Gasteiger partial charge in [-0.25, -0.2) is 9.78 Å². The van der Waals surface area contributed by atoms with Crippen LogP contribution in [-0.4, -0.2) is 20.6 Å². The lowest BCUT2D eigenvalue weighted by Gasteiger charge is -2.08. The van der Waals surface area contributed by atoms with Crippen molar-refractivity contribution in [3.05, 3.63) is 58.9 Å². The van der Waals surface area contributed by atoms with Crippen LogP contribution in [0.25, 0.3) is 16.7 Å². The molecule has 0 aliphatic heterocycles. The molecule has 3 aromatic rings. The lowest BCUT2D eigenvalue weighted by atomic mass is 10.2. The van der Waals surface area contributed by atoms with Gasteiger partial charge in [0.25, 0.3) is 0 Å². The molecule has 0 aliphatic rings. The van der Waals surface area contributed by atoms with Gasteiger partial charge in [-0.1, -0.05) is 17.7 Å². The Labute approximate surface area is 120 Å². The molecule has 0 atom stereocenters. The van der Waals surface area contributed by atoms with E-state index in [1.54, 1.807) is 29.1 Å². The number of aryl methyl sites for hydroxylation is 1. The van der Waals surface area contributed by atoms with Crippen molar-refractivity contribution in [3.8, 4) is 5.69 Å². The van der Waals surface area contributed by atoms with Crippen molar-refractivity contribution in [3.63, 3.8) is 0 Å². The summed E-state index contributed by atoms with van der Waals surface area (Å²) in [4.78, 5) is 15.4. The fourth-order valence-corrected chi connectivity index (χ4v) is 2.35. The Morgan fingerprint density at radius 2 is 2.05 bits per heavy atom. The lowest BCUT2D eigenvalue weighted by Crippen LogP contribution is -1.98. The Kier molecular flexibility index (Phi) is 2.95. The molecule has 3 rings (SSSR count). The first kappa shape index (κ1) is 12.7. The van der Waals surface area contributed by atoms with Crippen LogP contribution in [-0.2, 0) is 0 Å². The van der Waals surface area contributed by atoms with Crippen LogP contribution in [0, 0.1) is 6.92 Å². The number of rotatable bonds is 2. The van der Waals surface area contributed by atoms with Gasteiger partial charge in [-0.05, 0) is 42.8 Å². The van der Waals surface area contributed by atoms with E-state index in [1.807, 2.05) is 25.1 Å². The molecule has 0 bridgehead atoms. The fourth-order valence-electron chi connectivity index (χ4n) is 2.14. The molecule has 1 N–H and O–H groups in total. The predicted molar refractivity (Wildman–Crippen MR) is 77.8 cm³/mol. The number of benzene rings is 2. The second kappa shape index (κ2) is 4.65. The smallest absolute Gasteiger partial charge is 0.335 e. The first-order valence-electron chi connectivity index (χ1n) is 6.03. The standard InChI is InChI=1S/C15H11ClN2O2/c1-9-2-4-11(16)13(6-9)18-8-17-12-5-3-10(15(19)20)7-14(12)18/h2-8H,1H3,(H,19,20). The molecule has 0 radical (unpaired) electrons. The number of imidazole rings is 1. The van der Waals surface area contributed by atoms with E-state index in [0.717, 1.165) is 22.3 Å². The van der Waals surface area contributed by atoms with Crippen LogP contribution >= 0.6 is 11.6 Å². The van der Waals surface area contributed by atoms with E-state index in [9.17, 15) is 4.79 Å². The summed E-state index contributed by atoms with van der Waals surface area (Å²) in [6.45, 7) is 1.97. The minimum absolute atomic E-state index is 0.225. The van der Waals surface area contributed by atoms with Crippen molar-refractivity contribution in [2.75, 3.05) is 0 Å². The molecule has 0 saturated carbocycles. The molecule has 0 spiro atoms. The average Bonchev–Trinajstić information content (AvgIpc) is 2.84. The second-order valence-electron chi connectivity index (χ2n) is 4.58. The van der Waals surface area contributed by atoms with Crippen molar-refractivity contribution in [2.45, 2.75) is 6.92 Å². The second-order valence-corrected chi connectivity index (χ2v) is 4.99. The Morgan fingerprint density at radius 1 is 1.25 bits per heavy atom. The lowest BCUT2D eigenvalue weighted by molar-refractivity contribution is 0.0697. The van der Waals surface area contributed by atoms with Crippen molar-refractivity contribution in [1.29, 1.82) is 0 Å². The largest absolute Gasteiger partial charge is 0.478 e. The van der Waals surface area contributed by atoms with Crippen molar-refractivity contribution < 1.29 is 9.90 Å². The van der Waals surface area contributed by atoms with E-state index in [-0.39, 0.29) is 5.56 Å². The van der Waals surface area contributed by atoms with Crippen LogP contribution < -0.4 is 0 Å². The van der Waals surface area contributed by atoms with Gasteiger partial charge in [-0.15, -0.1) is 0 Å². The van der Waals surface area contributed by atoms with Crippen molar-refractivity contribution >= 4 is 28.6 Å². The zero-order valence-electron chi connectivity index (χ0n) is 10.7. The van der Waals surface area contributed by atoms with E-state index in [2.05, 4.69) is 4.98 Å². The number of fused-ring (bicyclic) bond motifs is 1. The number of aromatic nitrogens is 2. The van der Waals surface area contributed by atoms with Gasteiger partial charge in [0.1, 0.15) is 6.33 Å². The summed E-state index contributed by atoms with van der Waals surface area (Å²) in [5.74, 6) is -0.963. The number of aromatic carboxylic acids is 1. The highest BCUT2D eigenvalue weighted by atomic mass is 35.5. The molecule has 0 fully saturated rings. The summed E-state index contributed by atoms with van der Waals surface area (Å²) >= 11 is 6.23. The summed E-state index contributed by atoms with van der Waals surface area (Å²) in [6, 6.07) is 10.5. The van der Waals surface area contributed by atoms with Gasteiger partial charge in [0.2, 0.25) is 0 Å². The highest BCUT2D eigenvalue weighted by Gasteiger charge is 2.11.